The molecule has 0 amide bonds. The molecule has 0 bridgehead atoms. The van der Waals surface area contributed by atoms with Crippen molar-refractivity contribution >= 4 is 5.97 Å². The van der Waals surface area contributed by atoms with E-state index in [0.717, 1.165) is 51.4 Å². The van der Waals surface area contributed by atoms with Crippen molar-refractivity contribution in [2.24, 2.45) is 50.2 Å². The Labute approximate surface area is 371 Å². The summed E-state index contributed by atoms with van der Waals surface area (Å²) in [5.41, 5.74) is 0.208. The molecule has 0 radical (unpaired) electrons. The molecule has 360 valence electrons. The van der Waals surface area contributed by atoms with Gasteiger partial charge in [0.15, 0.2) is 18.9 Å². The lowest BCUT2D eigenvalue weighted by Crippen LogP contribution is -2.66. The highest BCUT2D eigenvalue weighted by atomic mass is 16.8. The zero-order valence-corrected chi connectivity index (χ0v) is 38.3. The number of ether oxygens (including phenoxy) is 6. The van der Waals surface area contributed by atoms with Gasteiger partial charge in [0.25, 0.3) is 0 Å². The second kappa shape index (κ2) is 16.7. The molecule has 4 saturated carbocycles. The van der Waals surface area contributed by atoms with Crippen LogP contribution in [-0.2, 0) is 33.2 Å². The van der Waals surface area contributed by atoms with Gasteiger partial charge in [-0.2, -0.15) is 0 Å². The van der Waals surface area contributed by atoms with E-state index in [0.29, 0.717) is 18.8 Å². The quantitative estimate of drug-likeness (QED) is 0.125. The van der Waals surface area contributed by atoms with Crippen LogP contribution in [0.15, 0.2) is 11.6 Å². The van der Waals surface area contributed by atoms with Crippen LogP contribution in [0.5, 0.6) is 0 Å². The molecule has 0 aromatic heterocycles. The van der Waals surface area contributed by atoms with Crippen LogP contribution in [0, 0.1) is 50.2 Å². The third-order valence-electron chi connectivity index (χ3n) is 18.9. The van der Waals surface area contributed by atoms with Crippen molar-refractivity contribution in [3.05, 3.63) is 11.6 Å². The molecule has 8 aliphatic rings. The molecule has 3 saturated heterocycles. The minimum Gasteiger partial charge on any atom is -0.481 e. The standard InChI is InChI=1S/C47H76O16/c1-22-30(50)36(62-38-34(54)33(53)32(52)26(20-48)60-38)35(55)39(59-22)63-37-31(51)25(49)21-58-40(37)61-29-12-13-44(6)27(43(29,4)5)11-14-46(8)28(44)10-9-23-24-19-42(2,3)15-17-47(24,41(56)57)18-16-45(23,46)7/h9,22,24-40,48-55H,10-21H2,1-8H3,(H,56,57)/t22-,24-,25-,26-,27+,28+,29+,30+,31-,32-,33+,34-,35+,36-,37-,38+,39+,40-,44-,45-,46+,47-/m0/s1. The van der Waals surface area contributed by atoms with Gasteiger partial charge in [-0.05, 0) is 116 Å². The summed E-state index contributed by atoms with van der Waals surface area (Å²) in [4.78, 5) is 13.1. The fraction of sp³-hybridized carbons (Fsp3) is 0.936. The summed E-state index contributed by atoms with van der Waals surface area (Å²) < 4.78 is 36.3. The molecule has 0 aromatic carbocycles. The van der Waals surface area contributed by atoms with Crippen LogP contribution >= 0.6 is 0 Å². The number of hydrogen-bond acceptors (Lipinski definition) is 15. The zero-order valence-electron chi connectivity index (χ0n) is 38.3. The van der Waals surface area contributed by atoms with Crippen molar-refractivity contribution in [3.63, 3.8) is 0 Å². The Balaban J connectivity index is 0.999. The second-order valence-corrected chi connectivity index (χ2v) is 23.0. The zero-order chi connectivity index (χ0) is 46.0. The van der Waals surface area contributed by atoms with Crippen LogP contribution in [0.3, 0.4) is 0 Å². The molecule has 8 rings (SSSR count). The Kier molecular flexibility index (Phi) is 12.8. The molecule has 16 heteroatoms. The Hall–Kier alpha value is -1.35. The lowest BCUT2D eigenvalue weighted by atomic mass is 9.33. The van der Waals surface area contributed by atoms with Gasteiger partial charge < -0.3 is 74.4 Å². The summed E-state index contributed by atoms with van der Waals surface area (Å²) in [5, 5.41) is 96.4. The average Bonchev–Trinajstić information content (AvgIpc) is 3.21. The van der Waals surface area contributed by atoms with Crippen LogP contribution < -0.4 is 0 Å². The Morgan fingerprint density at radius 1 is 0.714 bits per heavy atom. The second-order valence-electron chi connectivity index (χ2n) is 23.0. The van der Waals surface area contributed by atoms with Crippen LogP contribution in [0.1, 0.15) is 120 Å². The largest absolute Gasteiger partial charge is 0.481 e. The van der Waals surface area contributed by atoms with Gasteiger partial charge in [0, 0.05) is 0 Å². The Morgan fingerprint density at radius 2 is 1.38 bits per heavy atom. The van der Waals surface area contributed by atoms with E-state index >= 15 is 0 Å². The van der Waals surface area contributed by atoms with E-state index in [1.54, 1.807) is 0 Å². The number of aliphatic hydroxyl groups excluding tert-OH is 8. The van der Waals surface area contributed by atoms with Crippen molar-refractivity contribution in [2.75, 3.05) is 13.2 Å². The number of fused-ring (bicyclic) bond motifs is 7. The first kappa shape index (κ1) is 48.1. The van der Waals surface area contributed by atoms with Crippen molar-refractivity contribution in [3.8, 4) is 0 Å². The third-order valence-corrected chi connectivity index (χ3v) is 18.9. The van der Waals surface area contributed by atoms with Gasteiger partial charge in [0.1, 0.15) is 61.0 Å². The molecule has 0 aromatic rings. The summed E-state index contributed by atoms with van der Waals surface area (Å²) in [7, 11) is 0. The highest BCUT2D eigenvalue weighted by Crippen LogP contribution is 2.76. The van der Waals surface area contributed by atoms with Crippen LogP contribution in [-0.4, -0.2) is 157 Å². The number of aliphatic hydroxyl groups is 8. The predicted octanol–water partition coefficient (Wildman–Crippen LogP) is 2.37. The fourth-order valence-corrected chi connectivity index (χ4v) is 14.8. The van der Waals surface area contributed by atoms with E-state index in [-0.39, 0.29) is 51.6 Å². The first-order chi connectivity index (χ1) is 29.4. The van der Waals surface area contributed by atoms with Crippen LogP contribution in [0.25, 0.3) is 0 Å². The van der Waals surface area contributed by atoms with E-state index in [4.69, 9.17) is 28.4 Å². The first-order valence-corrected chi connectivity index (χ1v) is 23.6. The van der Waals surface area contributed by atoms with Crippen LogP contribution in [0.4, 0.5) is 0 Å². The highest BCUT2D eigenvalue weighted by Gasteiger charge is 2.70. The number of aliphatic carboxylic acids is 1. The lowest BCUT2D eigenvalue weighted by molar-refractivity contribution is -0.382. The molecule has 3 heterocycles. The topological polar surface area (TPSA) is 255 Å². The molecule has 63 heavy (non-hydrogen) atoms. The predicted molar refractivity (Wildman–Crippen MR) is 223 cm³/mol. The average molecular weight is 897 g/mol. The molecule has 0 spiro atoms. The number of carboxylic acid groups (broad SMARTS) is 1. The smallest absolute Gasteiger partial charge is 0.310 e. The number of hydrogen-bond donors (Lipinski definition) is 9. The summed E-state index contributed by atoms with van der Waals surface area (Å²) in [5.74, 6) is 0.0213. The van der Waals surface area contributed by atoms with Gasteiger partial charge in [0.05, 0.1) is 30.8 Å². The van der Waals surface area contributed by atoms with Crippen molar-refractivity contribution < 1.29 is 79.2 Å². The minimum absolute atomic E-state index is 0.0278. The number of carboxylic acids is 1. The number of allylic oxidation sites excluding steroid dienone is 2. The van der Waals surface area contributed by atoms with Gasteiger partial charge in [-0.25, -0.2) is 0 Å². The maximum absolute atomic E-state index is 13.1. The first-order valence-electron chi connectivity index (χ1n) is 23.6. The lowest BCUT2D eigenvalue weighted by Gasteiger charge is -2.71. The summed E-state index contributed by atoms with van der Waals surface area (Å²) in [6.07, 6.45) is -10.3. The van der Waals surface area contributed by atoms with E-state index < -0.39 is 104 Å². The van der Waals surface area contributed by atoms with Gasteiger partial charge in [0.2, 0.25) is 0 Å². The molecular formula is C47H76O16. The van der Waals surface area contributed by atoms with Gasteiger partial charge in [-0.3, -0.25) is 4.79 Å². The molecule has 3 aliphatic heterocycles. The van der Waals surface area contributed by atoms with Gasteiger partial charge in [-0.1, -0.05) is 60.1 Å². The normalized spacial score (nSPS) is 54.1. The van der Waals surface area contributed by atoms with E-state index in [1.807, 2.05) is 0 Å². The molecule has 16 nitrogen and oxygen atoms in total. The third kappa shape index (κ3) is 7.51. The molecule has 5 aliphatic carbocycles. The molecule has 7 fully saturated rings. The molecule has 0 unspecified atom stereocenters. The fourth-order valence-electron chi connectivity index (χ4n) is 14.8. The maximum Gasteiger partial charge on any atom is 0.310 e. The monoisotopic (exact) mass is 897 g/mol. The Morgan fingerprint density at radius 3 is 2.06 bits per heavy atom. The number of carbonyl (C=O) groups is 1. The van der Waals surface area contributed by atoms with Crippen molar-refractivity contribution in [1.29, 1.82) is 0 Å². The van der Waals surface area contributed by atoms with Gasteiger partial charge >= 0.3 is 5.97 Å². The maximum atomic E-state index is 13.1. The SMILES string of the molecule is C[C@@H]1O[C@H](O[C@@H]2[C@H](O[C@@H]3CC[C@@]4(C)[C@H](CC[C@]5(C)[C@@H]4CC=C4[C@@H]6CC(C)(C)CC[C@]6(C(=O)O)CC[C@@]45C)C3(C)C)OC[C@H](O)[C@@H]2O)[C@H](O)[C@@H](O[C@H]2O[C@@H](CO)[C@H](O)[C@@H](O)[C@@H]2O)[C@@H]1O. The molecule has 22 atom stereocenters. The highest BCUT2D eigenvalue weighted by molar-refractivity contribution is 5.76. The van der Waals surface area contributed by atoms with Crippen molar-refractivity contribution in [2.45, 2.75) is 212 Å². The van der Waals surface area contributed by atoms with Gasteiger partial charge in [-0.15, -0.1) is 0 Å². The molecule has 9 N–H and O–H groups in total. The molecular weight excluding hydrogens is 821 g/mol. The summed E-state index contributed by atoms with van der Waals surface area (Å²) >= 11 is 0. The minimum atomic E-state index is -1.80. The van der Waals surface area contributed by atoms with E-state index in [1.165, 1.54) is 12.5 Å². The summed E-state index contributed by atoms with van der Waals surface area (Å²) in [6.45, 7) is 17.0. The van der Waals surface area contributed by atoms with Crippen molar-refractivity contribution in [1.82, 2.24) is 0 Å². The van der Waals surface area contributed by atoms with E-state index in [2.05, 4.69) is 54.5 Å². The Bertz CT molecular complexity index is 1720. The van der Waals surface area contributed by atoms with E-state index in [9.17, 15) is 50.8 Å². The number of rotatable bonds is 8. The van der Waals surface area contributed by atoms with Crippen LogP contribution in [0.2, 0.25) is 0 Å². The summed E-state index contributed by atoms with van der Waals surface area (Å²) in [6, 6.07) is 0.